The van der Waals surface area contributed by atoms with Crippen molar-refractivity contribution < 1.29 is 22.7 Å². The number of hydrogen-bond donors (Lipinski definition) is 1. The molecule has 0 aromatic heterocycles. The van der Waals surface area contributed by atoms with Crippen LogP contribution in [0.5, 0.6) is 5.75 Å². The fraction of sp³-hybridized carbons (Fsp3) is 0.462. The van der Waals surface area contributed by atoms with Crippen LogP contribution in [0.15, 0.2) is 54.6 Å². The molecule has 2 atom stereocenters. The van der Waals surface area contributed by atoms with Crippen molar-refractivity contribution in [1.29, 1.82) is 0 Å². The number of nitrogens with one attached hydrogen (secondary N) is 1. The molecule has 2 aromatic carbocycles. The molecule has 35 heavy (non-hydrogen) atoms. The Morgan fingerprint density at radius 3 is 2.17 bits per heavy atom. The molecule has 0 spiro atoms. The van der Waals surface area contributed by atoms with Crippen LogP contribution in [-0.2, 0) is 26.2 Å². The minimum absolute atomic E-state index is 0.0455. The monoisotopic (exact) mass is 503 g/mol. The molecular weight excluding hydrogens is 466 g/mol. The van der Waals surface area contributed by atoms with Gasteiger partial charge in [0, 0.05) is 12.6 Å². The molecule has 9 heteroatoms. The molecule has 1 N–H and O–H groups in total. The Labute approximate surface area is 209 Å². The second kappa shape index (κ2) is 13.1. The Bertz CT molecular complexity index is 1080. The molecule has 0 fully saturated rings. The lowest BCUT2D eigenvalue weighted by atomic mass is 10.1. The number of anilines is 1. The largest absolute Gasteiger partial charge is 0.492 e. The highest BCUT2D eigenvalue weighted by molar-refractivity contribution is 7.92. The number of carbonyl (C=O) groups is 2. The zero-order valence-corrected chi connectivity index (χ0v) is 22.0. The quantitative estimate of drug-likeness (QED) is 0.451. The SMILES string of the molecule is CCOc1ccccc1N(CC(=O)N(Cc1ccccc1)C(CC)C(=O)NC(C)CC)S(C)(=O)=O. The number of ether oxygens (including phenoxy) is 1. The van der Waals surface area contributed by atoms with Crippen molar-refractivity contribution in [3.63, 3.8) is 0 Å². The third kappa shape index (κ3) is 7.99. The summed E-state index contributed by atoms with van der Waals surface area (Å²) in [6, 6.07) is 15.2. The summed E-state index contributed by atoms with van der Waals surface area (Å²) in [5, 5.41) is 2.96. The number of hydrogen-bond acceptors (Lipinski definition) is 5. The zero-order chi connectivity index (χ0) is 26.0. The van der Waals surface area contributed by atoms with Gasteiger partial charge in [0.2, 0.25) is 21.8 Å². The second-order valence-electron chi connectivity index (χ2n) is 8.42. The molecule has 192 valence electrons. The van der Waals surface area contributed by atoms with E-state index in [0.717, 1.165) is 22.5 Å². The topological polar surface area (TPSA) is 96.0 Å². The van der Waals surface area contributed by atoms with E-state index in [-0.39, 0.29) is 24.2 Å². The summed E-state index contributed by atoms with van der Waals surface area (Å²) < 4.78 is 32.2. The van der Waals surface area contributed by atoms with Crippen LogP contribution in [0.2, 0.25) is 0 Å². The number of nitrogens with zero attached hydrogens (tertiary/aromatic N) is 2. The highest BCUT2D eigenvalue weighted by Crippen LogP contribution is 2.30. The molecule has 2 aromatic rings. The highest BCUT2D eigenvalue weighted by Gasteiger charge is 2.32. The van der Waals surface area contributed by atoms with Gasteiger partial charge in [-0.05, 0) is 44.4 Å². The summed E-state index contributed by atoms with van der Waals surface area (Å²) in [5.41, 5.74) is 1.12. The maximum Gasteiger partial charge on any atom is 0.244 e. The van der Waals surface area contributed by atoms with E-state index in [1.807, 2.05) is 51.1 Å². The number of benzene rings is 2. The summed E-state index contributed by atoms with van der Waals surface area (Å²) in [5.74, 6) is -0.368. The van der Waals surface area contributed by atoms with Crippen molar-refractivity contribution in [2.45, 2.75) is 59.2 Å². The lowest BCUT2D eigenvalue weighted by Gasteiger charge is -2.33. The summed E-state index contributed by atoms with van der Waals surface area (Å²) in [6.07, 6.45) is 2.19. The molecule has 0 aliphatic heterocycles. The lowest BCUT2D eigenvalue weighted by molar-refractivity contribution is -0.140. The first kappa shape index (κ1) is 28.2. The normalized spacial score (nSPS) is 12.9. The van der Waals surface area contributed by atoms with Gasteiger partial charge < -0.3 is 15.0 Å². The van der Waals surface area contributed by atoms with E-state index < -0.39 is 28.5 Å². The van der Waals surface area contributed by atoms with Crippen LogP contribution in [0.25, 0.3) is 0 Å². The average molecular weight is 504 g/mol. The van der Waals surface area contributed by atoms with Crippen molar-refractivity contribution in [3.05, 3.63) is 60.2 Å². The molecule has 8 nitrogen and oxygen atoms in total. The molecule has 0 saturated carbocycles. The standard InChI is InChI=1S/C26H37N3O5S/c1-6-20(4)27-26(31)22(7-2)28(18-21-14-10-9-11-15-21)25(30)19-29(35(5,32)33)23-16-12-13-17-24(23)34-8-3/h9-17,20,22H,6-8,18-19H2,1-5H3,(H,27,31). The van der Waals surface area contributed by atoms with Crippen LogP contribution in [0.3, 0.4) is 0 Å². The van der Waals surface area contributed by atoms with E-state index in [2.05, 4.69) is 5.32 Å². The van der Waals surface area contributed by atoms with Crippen LogP contribution < -0.4 is 14.4 Å². The van der Waals surface area contributed by atoms with E-state index in [0.29, 0.717) is 18.8 Å². The maximum absolute atomic E-state index is 13.7. The van der Waals surface area contributed by atoms with Crippen LogP contribution in [0, 0.1) is 0 Å². The number of carbonyl (C=O) groups excluding carboxylic acids is 2. The van der Waals surface area contributed by atoms with Gasteiger partial charge in [-0.3, -0.25) is 13.9 Å². The van der Waals surface area contributed by atoms with Gasteiger partial charge in [0.25, 0.3) is 0 Å². The Balaban J connectivity index is 2.45. The molecule has 0 radical (unpaired) electrons. The second-order valence-corrected chi connectivity index (χ2v) is 10.3. The molecular formula is C26H37N3O5S. The van der Waals surface area contributed by atoms with Gasteiger partial charge >= 0.3 is 0 Å². The molecule has 0 bridgehead atoms. The first-order chi connectivity index (χ1) is 16.6. The maximum atomic E-state index is 13.7. The van der Waals surface area contributed by atoms with Gasteiger partial charge in [-0.15, -0.1) is 0 Å². The summed E-state index contributed by atoms with van der Waals surface area (Å²) >= 11 is 0. The van der Waals surface area contributed by atoms with Gasteiger partial charge in [-0.2, -0.15) is 0 Å². The van der Waals surface area contributed by atoms with Crippen molar-refractivity contribution >= 4 is 27.5 Å². The van der Waals surface area contributed by atoms with Gasteiger partial charge in [-0.25, -0.2) is 8.42 Å². The third-order valence-electron chi connectivity index (χ3n) is 5.70. The minimum atomic E-state index is -3.83. The Hall–Kier alpha value is -3.07. The first-order valence-electron chi connectivity index (χ1n) is 12.0. The molecule has 2 unspecified atom stereocenters. The summed E-state index contributed by atoms with van der Waals surface area (Å²) in [6.45, 7) is 7.58. The van der Waals surface area contributed by atoms with Crippen molar-refractivity contribution in [2.75, 3.05) is 23.7 Å². The highest BCUT2D eigenvalue weighted by atomic mass is 32.2. The Kier molecular flexibility index (Phi) is 10.6. The average Bonchev–Trinajstić information content (AvgIpc) is 2.82. The number of sulfonamides is 1. The lowest BCUT2D eigenvalue weighted by Crippen LogP contribution is -2.53. The summed E-state index contributed by atoms with van der Waals surface area (Å²) in [4.78, 5) is 28.3. The predicted molar refractivity (Wildman–Crippen MR) is 139 cm³/mol. The van der Waals surface area contributed by atoms with Crippen molar-refractivity contribution in [2.24, 2.45) is 0 Å². The number of amides is 2. The predicted octanol–water partition coefficient (Wildman–Crippen LogP) is 3.57. The van der Waals surface area contributed by atoms with Crippen molar-refractivity contribution in [1.82, 2.24) is 10.2 Å². The van der Waals surface area contributed by atoms with Gasteiger partial charge in [0.1, 0.15) is 18.3 Å². The van der Waals surface area contributed by atoms with Gasteiger partial charge in [0.15, 0.2) is 0 Å². The van der Waals surface area contributed by atoms with Crippen LogP contribution in [0.4, 0.5) is 5.69 Å². The van der Waals surface area contributed by atoms with E-state index in [4.69, 9.17) is 4.74 Å². The van der Waals surface area contributed by atoms with Crippen LogP contribution in [-0.4, -0.2) is 56.6 Å². The zero-order valence-electron chi connectivity index (χ0n) is 21.2. The summed E-state index contributed by atoms with van der Waals surface area (Å²) in [7, 11) is -3.83. The van der Waals surface area contributed by atoms with Gasteiger partial charge in [-0.1, -0.05) is 56.3 Å². The van der Waals surface area contributed by atoms with E-state index in [1.54, 1.807) is 31.2 Å². The van der Waals surface area contributed by atoms with Gasteiger partial charge in [0.05, 0.1) is 18.6 Å². The molecule has 0 aliphatic rings. The molecule has 0 aliphatic carbocycles. The van der Waals surface area contributed by atoms with Crippen LogP contribution >= 0.6 is 0 Å². The first-order valence-corrected chi connectivity index (χ1v) is 13.8. The van der Waals surface area contributed by atoms with E-state index >= 15 is 0 Å². The van der Waals surface area contributed by atoms with E-state index in [1.165, 1.54) is 4.90 Å². The smallest absolute Gasteiger partial charge is 0.244 e. The van der Waals surface area contributed by atoms with E-state index in [9.17, 15) is 18.0 Å². The third-order valence-corrected chi connectivity index (χ3v) is 6.82. The fourth-order valence-corrected chi connectivity index (χ4v) is 4.53. The van der Waals surface area contributed by atoms with Crippen LogP contribution in [0.1, 0.15) is 46.1 Å². The Morgan fingerprint density at radius 2 is 1.60 bits per heavy atom. The number of rotatable bonds is 13. The molecule has 0 heterocycles. The van der Waals surface area contributed by atoms with Crippen molar-refractivity contribution in [3.8, 4) is 5.75 Å². The molecule has 2 rings (SSSR count). The fourth-order valence-electron chi connectivity index (χ4n) is 3.68. The molecule has 0 saturated heterocycles. The minimum Gasteiger partial charge on any atom is -0.492 e. The Morgan fingerprint density at radius 1 is 0.971 bits per heavy atom. The number of para-hydroxylation sites is 2. The molecule has 2 amide bonds.